The Bertz CT molecular complexity index is 313. The topological polar surface area (TPSA) is 69.6 Å². The lowest BCUT2D eigenvalue weighted by Gasteiger charge is -1.90. The van der Waals surface area contributed by atoms with Crippen LogP contribution in [0.25, 0.3) is 5.57 Å². The molecule has 2 rings (SSSR count). The monoisotopic (exact) mass is 165 g/mol. The molecule has 1 unspecified atom stereocenters. The number of hydrogen-bond donors (Lipinski definition) is 1. The van der Waals surface area contributed by atoms with Crippen LogP contribution < -0.4 is 5.73 Å². The largest absolute Gasteiger partial charge is 0.324 e. The summed E-state index contributed by atoms with van der Waals surface area (Å²) in [5.41, 5.74) is 6.83. The Morgan fingerprint density at radius 3 is 3.00 bits per heavy atom. The third-order valence-corrected chi connectivity index (χ3v) is 1.96. The second kappa shape index (κ2) is 2.67. The van der Waals surface area contributed by atoms with E-state index < -0.39 is 0 Å². The molecule has 1 heterocycles. The molecule has 2 N–H and O–H groups in total. The molecule has 0 bridgehead atoms. The van der Waals surface area contributed by atoms with Gasteiger partial charge < -0.3 is 5.73 Å². The van der Waals surface area contributed by atoms with Crippen molar-refractivity contribution in [3.8, 4) is 0 Å². The molecule has 1 atom stereocenters. The van der Waals surface area contributed by atoms with Gasteiger partial charge in [0.25, 0.3) is 0 Å². The molecule has 5 heteroatoms. The van der Waals surface area contributed by atoms with Gasteiger partial charge in [0.05, 0.1) is 7.05 Å². The van der Waals surface area contributed by atoms with Crippen molar-refractivity contribution in [2.24, 2.45) is 12.8 Å². The summed E-state index contributed by atoms with van der Waals surface area (Å²) >= 11 is 0. The highest BCUT2D eigenvalue weighted by atomic mass is 15.6. The van der Waals surface area contributed by atoms with Crippen LogP contribution in [0.2, 0.25) is 0 Å². The predicted octanol–water partition coefficient (Wildman–Crippen LogP) is -0.285. The Morgan fingerprint density at radius 1 is 1.67 bits per heavy atom. The fourth-order valence-electron chi connectivity index (χ4n) is 1.35. The van der Waals surface area contributed by atoms with Crippen LogP contribution in [0.3, 0.4) is 0 Å². The SMILES string of the molecule is Cn1nnc(C2=CC(N)CC2)n1. The molecule has 12 heavy (non-hydrogen) atoms. The summed E-state index contributed by atoms with van der Waals surface area (Å²) in [6.07, 6.45) is 3.97. The van der Waals surface area contributed by atoms with Gasteiger partial charge in [-0.15, -0.1) is 10.2 Å². The molecule has 0 radical (unpaired) electrons. The van der Waals surface area contributed by atoms with Crippen molar-refractivity contribution in [2.45, 2.75) is 18.9 Å². The zero-order chi connectivity index (χ0) is 8.55. The van der Waals surface area contributed by atoms with Gasteiger partial charge in [0.15, 0.2) is 0 Å². The van der Waals surface area contributed by atoms with Crippen molar-refractivity contribution in [3.63, 3.8) is 0 Å². The van der Waals surface area contributed by atoms with Crippen LogP contribution in [0.1, 0.15) is 18.7 Å². The maximum Gasteiger partial charge on any atom is 0.200 e. The minimum atomic E-state index is 0.170. The molecule has 64 valence electrons. The number of nitrogens with zero attached hydrogens (tertiary/aromatic N) is 4. The first-order chi connectivity index (χ1) is 5.75. The molecular formula is C7H11N5. The fraction of sp³-hybridized carbons (Fsp3) is 0.571. The average molecular weight is 165 g/mol. The highest BCUT2D eigenvalue weighted by Gasteiger charge is 2.16. The van der Waals surface area contributed by atoms with E-state index in [1.54, 1.807) is 7.05 Å². The zero-order valence-electron chi connectivity index (χ0n) is 6.94. The second-order valence-corrected chi connectivity index (χ2v) is 3.00. The number of hydrogen-bond acceptors (Lipinski definition) is 4. The van der Waals surface area contributed by atoms with Crippen LogP contribution >= 0.6 is 0 Å². The highest BCUT2D eigenvalue weighted by molar-refractivity contribution is 5.62. The summed E-state index contributed by atoms with van der Waals surface area (Å²) in [7, 11) is 1.76. The third-order valence-electron chi connectivity index (χ3n) is 1.96. The van der Waals surface area contributed by atoms with Gasteiger partial charge in [0.2, 0.25) is 5.82 Å². The van der Waals surface area contributed by atoms with E-state index in [9.17, 15) is 0 Å². The van der Waals surface area contributed by atoms with Crippen molar-refractivity contribution in [1.82, 2.24) is 20.2 Å². The molecule has 1 aliphatic rings. The number of rotatable bonds is 1. The molecule has 1 aromatic rings. The smallest absolute Gasteiger partial charge is 0.200 e. The van der Waals surface area contributed by atoms with Crippen molar-refractivity contribution in [2.75, 3.05) is 0 Å². The van der Waals surface area contributed by atoms with E-state index in [-0.39, 0.29) is 6.04 Å². The molecule has 0 fully saturated rings. The minimum Gasteiger partial charge on any atom is -0.324 e. The van der Waals surface area contributed by atoms with Crippen LogP contribution in [0.4, 0.5) is 0 Å². The summed E-state index contributed by atoms with van der Waals surface area (Å²) in [6.45, 7) is 0. The van der Waals surface area contributed by atoms with Gasteiger partial charge in [-0.1, -0.05) is 6.08 Å². The Labute approximate surface area is 70.2 Å². The van der Waals surface area contributed by atoms with Crippen molar-refractivity contribution >= 4 is 5.57 Å². The first kappa shape index (κ1) is 7.42. The lowest BCUT2D eigenvalue weighted by atomic mass is 10.2. The average Bonchev–Trinajstić information content (AvgIpc) is 2.58. The molecule has 1 aliphatic carbocycles. The lowest BCUT2D eigenvalue weighted by molar-refractivity contribution is 0.629. The summed E-state index contributed by atoms with van der Waals surface area (Å²) in [5.74, 6) is 0.713. The normalized spacial score (nSPS) is 22.8. The van der Waals surface area contributed by atoms with Crippen molar-refractivity contribution in [3.05, 3.63) is 11.9 Å². The van der Waals surface area contributed by atoms with Gasteiger partial charge in [0.1, 0.15) is 0 Å². The van der Waals surface area contributed by atoms with Crippen LogP contribution in [0, 0.1) is 0 Å². The van der Waals surface area contributed by atoms with E-state index in [0.717, 1.165) is 18.4 Å². The van der Waals surface area contributed by atoms with Gasteiger partial charge >= 0.3 is 0 Å². The van der Waals surface area contributed by atoms with Crippen LogP contribution in [-0.4, -0.2) is 26.2 Å². The van der Waals surface area contributed by atoms with Crippen LogP contribution in [-0.2, 0) is 7.05 Å². The molecule has 0 amide bonds. The minimum absolute atomic E-state index is 0.170. The Hall–Kier alpha value is -1.23. The first-order valence-electron chi connectivity index (χ1n) is 3.96. The van der Waals surface area contributed by atoms with Gasteiger partial charge in [-0.05, 0) is 23.6 Å². The number of allylic oxidation sites excluding steroid dienone is 1. The zero-order valence-corrected chi connectivity index (χ0v) is 6.94. The molecule has 0 saturated heterocycles. The van der Waals surface area contributed by atoms with E-state index in [2.05, 4.69) is 15.4 Å². The third kappa shape index (κ3) is 1.23. The number of tetrazole rings is 1. The Kier molecular flexibility index (Phi) is 1.65. The van der Waals surface area contributed by atoms with E-state index in [1.807, 2.05) is 6.08 Å². The quantitative estimate of drug-likeness (QED) is 0.621. The molecule has 0 spiro atoms. The van der Waals surface area contributed by atoms with Gasteiger partial charge in [0, 0.05) is 6.04 Å². The lowest BCUT2D eigenvalue weighted by Crippen LogP contribution is -2.11. The molecule has 0 saturated carbocycles. The second-order valence-electron chi connectivity index (χ2n) is 3.00. The number of aryl methyl sites for hydroxylation is 1. The van der Waals surface area contributed by atoms with Gasteiger partial charge in [-0.3, -0.25) is 0 Å². The molecule has 1 aromatic heterocycles. The molecule has 0 aliphatic heterocycles. The molecule has 0 aromatic carbocycles. The number of nitrogens with two attached hydrogens (primary N) is 1. The molecular weight excluding hydrogens is 154 g/mol. The summed E-state index contributed by atoms with van der Waals surface area (Å²) in [6, 6.07) is 0.170. The van der Waals surface area contributed by atoms with Crippen molar-refractivity contribution < 1.29 is 0 Å². The number of aromatic nitrogens is 4. The van der Waals surface area contributed by atoms with E-state index in [0.29, 0.717) is 5.82 Å². The van der Waals surface area contributed by atoms with E-state index in [1.165, 1.54) is 4.80 Å². The maximum absolute atomic E-state index is 5.71. The predicted molar refractivity (Wildman–Crippen MR) is 44.0 cm³/mol. The van der Waals surface area contributed by atoms with Gasteiger partial charge in [-0.25, -0.2) is 0 Å². The first-order valence-corrected chi connectivity index (χ1v) is 3.96. The molecule has 5 nitrogen and oxygen atoms in total. The van der Waals surface area contributed by atoms with Gasteiger partial charge in [-0.2, -0.15) is 4.80 Å². The van der Waals surface area contributed by atoms with Crippen molar-refractivity contribution in [1.29, 1.82) is 0 Å². The fourth-order valence-corrected chi connectivity index (χ4v) is 1.35. The highest BCUT2D eigenvalue weighted by Crippen LogP contribution is 2.23. The summed E-state index contributed by atoms with van der Waals surface area (Å²) < 4.78 is 0. The summed E-state index contributed by atoms with van der Waals surface area (Å²) in [4.78, 5) is 1.46. The summed E-state index contributed by atoms with van der Waals surface area (Å²) in [5, 5.41) is 11.8. The Balaban J connectivity index is 2.26. The van der Waals surface area contributed by atoms with Crippen LogP contribution in [0.15, 0.2) is 6.08 Å². The standard InChI is InChI=1S/C7H11N5/c1-12-10-7(9-11-12)5-2-3-6(8)4-5/h4,6H,2-3,8H2,1H3. The van der Waals surface area contributed by atoms with E-state index in [4.69, 9.17) is 5.73 Å². The van der Waals surface area contributed by atoms with E-state index >= 15 is 0 Å². The van der Waals surface area contributed by atoms with Crippen LogP contribution in [0.5, 0.6) is 0 Å². The maximum atomic E-state index is 5.71. The Morgan fingerprint density at radius 2 is 2.50 bits per heavy atom.